The van der Waals surface area contributed by atoms with Crippen LogP contribution >= 0.6 is 0 Å². The molecule has 0 aliphatic carbocycles. The van der Waals surface area contributed by atoms with Gasteiger partial charge in [0, 0.05) is 40.0 Å². The first-order valence-corrected chi connectivity index (χ1v) is 10.6. The van der Waals surface area contributed by atoms with E-state index in [9.17, 15) is 18.8 Å². The zero-order valence-corrected chi connectivity index (χ0v) is 18.3. The lowest BCUT2D eigenvalue weighted by atomic mass is 10.2. The van der Waals surface area contributed by atoms with Gasteiger partial charge in [0.25, 0.3) is 0 Å². The molecule has 10 nitrogen and oxygen atoms in total. The maximum Gasteiger partial charge on any atom is 0.414 e. The third kappa shape index (κ3) is 6.54. The van der Waals surface area contributed by atoms with Crippen LogP contribution in [0, 0.1) is 5.82 Å². The van der Waals surface area contributed by atoms with Crippen LogP contribution < -0.4 is 20.4 Å². The number of morpholine rings is 1. The average molecular weight is 452 g/mol. The van der Waals surface area contributed by atoms with E-state index in [0.717, 1.165) is 0 Å². The molecular formula is C21H29FN4O6. The minimum atomic E-state index is -0.551. The van der Waals surface area contributed by atoms with Crippen molar-refractivity contribution in [1.29, 1.82) is 0 Å². The molecule has 0 saturated carbocycles. The highest BCUT2D eigenvalue weighted by molar-refractivity contribution is 5.90. The van der Waals surface area contributed by atoms with E-state index in [-0.39, 0.29) is 25.5 Å². The number of carbonyl (C=O) groups excluding carboxylic acids is 3. The number of nitrogens with zero attached hydrogens (tertiary/aromatic N) is 2. The summed E-state index contributed by atoms with van der Waals surface area (Å²) < 4.78 is 30.5. The first-order valence-electron chi connectivity index (χ1n) is 10.6. The maximum atomic E-state index is 14.7. The minimum Gasteiger partial charge on any atom is -0.459 e. The highest BCUT2D eigenvalue weighted by atomic mass is 19.1. The topological polar surface area (TPSA) is 109 Å². The number of cyclic esters (lactones) is 1. The maximum absolute atomic E-state index is 14.7. The number of anilines is 2. The van der Waals surface area contributed by atoms with E-state index in [1.165, 1.54) is 24.8 Å². The number of amides is 2. The van der Waals surface area contributed by atoms with Gasteiger partial charge in [-0.1, -0.05) is 0 Å². The zero-order chi connectivity index (χ0) is 23.1. The summed E-state index contributed by atoms with van der Waals surface area (Å²) in [5, 5.41) is 5.69. The standard InChI is InChI=1S/C21H29FN4O6/c1-14(27)24-12-17(31-15(2)28)10-23-11-18-13-26(21(29)32-18)16-3-4-20(19(22)9-16)25-5-7-30-8-6-25/h3-4,9,17-18,23H,5-8,10-13H2,1-2H3,(H,24,27)/t17-,18+/m1/s1. The number of benzene rings is 1. The van der Waals surface area contributed by atoms with E-state index >= 15 is 0 Å². The first-order chi connectivity index (χ1) is 15.3. The molecule has 0 aromatic heterocycles. The normalized spacial score (nSPS) is 19.5. The SMILES string of the molecule is CC(=O)NC[C@@H](CNC[C@H]1CN(c2ccc(N3CCOCC3)c(F)c2)C(=O)O1)OC(C)=O. The van der Waals surface area contributed by atoms with Crippen molar-refractivity contribution in [2.45, 2.75) is 26.1 Å². The van der Waals surface area contributed by atoms with Gasteiger partial charge in [0.2, 0.25) is 5.91 Å². The fourth-order valence-corrected chi connectivity index (χ4v) is 3.62. The molecule has 2 amide bonds. The lowest BCUT2D eigenvalue weighted by Crippen LogP contribution is -2.42. The van der Waals surface area contributed by atoms with Crippen LogP contribution in [0.4, 0.5) is 20.6 Å². The van der Waals surface area contributed by atoms with E-state index in [4.69, 9.17) is 14.2 Å². The number of esters is 1. The van der Waals surface area contributed by atoms with Gasteiger partial charge < -0.3 is 29.7 Å². The first kappa shape index (κ1) is 23.7. The smallest absolute Gasteiger partial charge is 0.414 e. The Bertz CT molecular complexity index is 833. The molecule has 32 heavy (non-hydrogen) atoms. The van der Waals surface area contributed by atoms with Crippen molar-refractivity contribution in [3.63, 3.8) is 0 Å². The van der Waals surface area contributed by atoms with Gasteiger partial charge in [-0.25, -0.2) is 9.18 Å². The highest BCUT2D eigenvalue weighted by Gasteiger charge is 2.33. The van der Waals surface area contributed by atoms with Gasteiger partial charge in [0.05, 0.1) is 37.7 Å². The van der Waals surface area contributed by atoms with Gasteiger partial charge in [-0.2, -0.15) is 0 Å². The predicted octanol–water partition coefficient (Wildman–Crippen LogP) is 0.645. The largest absolute Gasteiger partial charge is 0.459 e. The van der Waals surface area contributed by atoms with Crippen molar-refractivity contribution < 1.29 is 33.0 Å². The number of carbonyl (C=O) groups is 3. The molecule has 2 aliphatic rings. The lowest BCUT2D eigenvalue weighted by Gasteiger charge is -2.29. The van der Waals surface area contributed by atoms with Crippen molar-refractivity contribution >= 4 is 29.3 Å². The molecule has 2 aliphatic heterocycles. The van der Waals surface area contributed by atoms with Gasteiger partial charge in [-0.3, -0.25) is 14.5 Å². The van der Waals surface area contributed by atoms with Crippen LogP contribution in [0.5, 0.6) is 0 Å². The number of halogens is 1. The number of rotatable bonds is 9. The molecule has 1 aromatic carbocycles. The summed E-state index contributed by atoms with van der Waals surface area (Å²) in [6.45, 7) is 6.03. The minimum absolute atomic E-state index is 0.174. The molecule has 2 atom stereocenters. The average Bonchev–Trinajstić information content (AvgIpc) is 3.12. The van der Waals surface area contributed by atoms with Crippen LogP contribution in [-0.4, -0.2) is 82.7 Å². The van der Waals surface area contributed by atoms with E-state index < -0.39 is 30.1 Å². The second-order valence-electron chi connectivity index (χ2n) is 7.68. The van der Waals surface area contributed by atoms with Crippen molar-refractivity contribution in [2.24, 2.45) is 0 Å². The third-order valence-electron chi connectivity index (χ3n) is 5.12. The van der Waals surface area contributed by atoms with Gasteiger partial charge in [0.1, 0.15) is 18.0 Å². The Morgan fingerprint density at radius 2 is 2.00 bits per heavy atom. The molecule has 2 heterocycles. The molecule has 2 N–H and O–H groups in total. The summed E-state index contributed by atoms with van der Waals surface area (Å²) in [6.07, 6.45) is -1.56. The molecule has 2 fully saturated rings. The zero-order valence-electron chi connectivity index (χ0n) is 18.3. The van der Waals surface area contributed by atoms with Crippen LogP contribution in [0.2, 0.25) is 0 Å². The van der Waals surface area contributed by atoms with E-state index in [2.05, 4.69) is 10.6 Å². The van der Waals surface area contributed by atoms with Crippen molar-refractivity contribution in [1.82, 2.24) is 10.6 Å². The Labute approximate surface area is 186 Å². The van der Waals surface area contributed by atoms with Crippen LogP contribution in [0.25, 0.3) is 0 Å². The molecule has 0 spiro atoms. The van der Waals surface area contributed by atoms with Gasteiger partial charge in [-0.05, 0) is 18.2 Å². The van der Waals surface area contributed by atoms with E-state index in [1.54, 1.807) is 12.1 Å². The number of hydrogen-bond donors (Lipinski definition) is 2. The number of hydrogen-bond acceptors (Lipinski definition) is 8. The van der Waals surface area contributed by atoms with Gasteiger partial charge in [-0.15, -0.1) is 0 Å². The Morgan fingerprint density at radius 3 is 2.66 bits per heavy atom. The molecule has 0 unspecified atom stereocenters. The van der Waals surface area contributed by atoms with Crippen LogP contribution in [0.3, 0.4) is 0 Å². The quantitative estimate of drug-likeness (QED) is 0.526. The summed E-state index contributed by atoms with van der Waals surface area (Å²) >= 11 is 0. The highest BCUT2D eigenvalue weighted by Crippen LogP contribution is 2.28. The summed E-state index contributed by atoms with van der Waals surface area (Å²) in [5.41, 5.74) is 0.911. The number of ether oxygens (including phenoxy) is 3. The van der Waals surface area contributed by atoms with Gasteiger partial charge >= 0.3 is 12.1 Å². The monoisotopic (exact) mass is 452 g/mol. The Kier molecular flexibility index (Phi) is 8.23. The lowest BCUT2D eigenvalue weighted by molar-refractivity contribution is -0.146. The van der Waals surface area contributed by atoms with Crippen LogP contribution in [0.15, 0.2) is 18.2 Å². The Balaban J connectivity index is 1.52. The Hall–Kier alpha value is -2.92. The summed E-state index contributed by atoms with van der Waals surface area (Å²) in [4.78, 5) is 37.9. The van der Waals surface area contributed by atoms with Crippen molar-refractivity contribution in [2.75, 3.05) is 62.3 Å². The molecule has 3 rings (SSSR count). The van der Waals surface area contributed by atoms with Crippen LogP contribution in [-0.2, 0) is 23.8 Å². The van der Waals surface area contributed by atoms with Crippen molar-refractivity contribution in [3.8, 4) is 0 Å². The Morgan fingerprint density at radius 1 is 1.25 bits per heavy atom. The fraction of sp³-hybridized carbons (Fsp3) is 0.571. The summed E-state index contributed by atoms with van der Waals surface area (Å²) in [6, 6.07) is 4.71. The second-order valence-corrected chi connectivity index (χ2v) is 7.68. The predicted molar refractivity (Wildman–Crippen MR) is 114 cm³/mol. The molecule has 1 aromatic rings. The molecular weight excluding hydrogens is 423 g/mol. The van der Waals surface area contributed by atoms with Crippen molar-refractivity contribution in [3.05, 3.63) is 24.0 Å². The molecule has 0 bridgehead atoms. The molecule has 2 saturated heterocycles. The summed E-state index contributed by atoms with van der Waals surface area (Å²) in [5.74, 6) is -1.08. The van der Waals surface area contributed by atoms with E-state index in [0.29, 0.717) is 44.2 Å². The number of nitrogens with one attached hydrogen (secondary N) is 2. The van der Waals surface area contributed by atoms with Crippen LogP contribution in [0.1, 0.15) is 13.8 Å². The van der Waals surface area contributed by atoms with E-state index in [1.807, 2.05) is 4.90 Å². The summed E-state index contributed by atoms with van der Waals surface area (Å²) in [7, 11) is 0. The fourth-order valence-electron chi connectivity index (χ4n) is 3.62. The van der Waals surface area contributed by atoms with Gasteiger partial charge in [0.15, 0.2) is 0 Å². The molecule has 176 valence electrons. The molecule has 11 heteroatoms. The molecule has 0 radical (unpaired) electrons. The second kappa shape index (κ2) is 11.1. The third-order valence-corrected chi connectivity index (χ3v) is 5.12.